The number of rotatable bonds is 49. The summed E-state index contributed by atoms with van der Waals surface area (Å²) in [5.41, 5.74) is 0. The van der Waals surface area contributed by atoms with Gasteiger partial charge < -0.3 is 25.2 Å². The number of aliphatic carboxylic acids is 1. The van der Waals surface area contributed by atoms with E-state index in [1.165, 1.54) is 161 Å². The van der Waals surface area contributed by atoms with E-state index in [1.54, 1.807) is 0 Å². The number of unbranched alkanes of at least 4 members (excludes halogenated alkanes) is 31. The van der Waals surface area contributed by atoms with Crippen LogP contribution in [-0.2, 0) is 32.7 Å². The number of allylic oxidation sites excluding steroid dienone is 4. The first-order valence-electron chi connectivity index (χ1n) is 25.9. The lowest BCUT2D eigenvalue weighted by molar-refractivity contribution is -0.147. The van der Waals surface area contributed by atoms with Crippen LogP contribution in [-0.4, -0.2) is 64.9 Å². The molecule has 0 heterocycles. The number of carboxylic acids is 1. The third kappa shape index (κ3) is 46.3. The summed E-state index contributed by atoms with van der Waals surface area (Å²) >= 11 is 0. The first-order valence-corrected chi connectivity index (χ1v) is 27.4. The number of hydrogen-bond donors (Lipinski definition) is 4. The van der Waals surface area contributed by atoms with E-state index in [0.29, 0.717) is 12.8 Å². The van der Waals surface area contributed by atoms with Crippen molar-refractivity contribution in [2.24, 2.45) is 0 Å². The summed E-state index contributed by atoms with van der Waals surface area (Å²) in [6.45, 7) is 2.62. The summed E-state index contributed by atoms with van der Waals surface area (Å²) in [6.07, 6.45) is 50.5. The largest absolute Gasteiger partial charge is 0.480 e. The Morgan fingerprint density at radius 1 is 0.508 bits per heavy atom. The Balaban J connectivity index is 3.81. The number of esters is 1. The minimum absolute atomic E-state index is 0.150. The van der Waals surface area contributed by atoms with Crippen LogP contribution in [0, 0.1) is 0 Å². The molecule has 0 aliphatic heterocycles. The molecule has 63 heavy (non-hydrogen) atoms. The van der Waals surface area contributed by atoms with E-state index in [0.717, 1.165) is 51.4 Å². The van der Waals surface area contributed by atoms with Gasteiger partial charge in [-0.3, -0.25) is 18.6 Å². The van der Waals surface area contributed by atoms with Gasteiger partial charge in [-0.1, -0.05) is 218 Å². The topological polar surface area (TPSA) is 169 Å². The maximum atomic E-state index is 12.4. The molecule has 1 amide bonds. The van der Waals surface area contributed by atoms with Crippen LogP contribution in [0.2, 0.25) is 0 Å². The SMILES string of the molecule is CCCCCC/C=C\C/C=C\CCCCCCCCCC(=O)OCC(O)COP(=O)(O)OCC(NC(=O)CCCCCCCCCCCCCCCCCCCCCCC)C(=O)O. The van der Waals surface area contributed by atoms with Crippen LogP contribution in [0.1, 0.15) is 251 Å². The number of ether oxygens (including phenoxy) is 1. The van der Waals surface area contributed by atoms with Crippen LogP contribution in [0.4, 0.5) is 0 Å². The van der Waals surface area contributed by atoms with Gasteiger partial charge in [0.2, 0.25) is 5.91 Å². The monoisotopic (exact) mass is 914 g/mol. The lowest BCUT2D eigenvalue weighted by Crippen LogP contribution is -2.43. The second kappa shape index (κ2) is 46.5. The Morgan fingerprint density at radius 3 is 1.30 bits per heavy atom. The van der Waals surface area contributed by atoms with Gasteiger partial charge in [-0.05, 0) is 44.9 Å². The average Bonchev–Trinajstić information content (AvgIpc) is 3.26. The minimum Gasteiger partial charge on any atom is -0.480 e. The molecule has 0 aliphatic carbocycles. The molecular weight excluding hydrogens is 818 g/mol. The van der Waals surface area contributed by atoms with Crippen molar-refractivity contribution in [3.05, 3.63) is 24.3 Å². The second-order valence-electron chi connectivity index (χ2n) is 17.7. The predicted octanol–water partition coefficient (Wildman–Crippen LogP) is 14.2. The zero-order chi connectivity index (χ0) is 46.3. The molecule has 0 spiro atoms. The van der Waals surface area contributed by atoms with E-state index in [2.05, 4.69) is 43.5 Å². The van der Waals surface area contributed by atoms with Crippen LogP contribution in [0.3, 0.4) is 0 Å². The maximum absolute atomic E-state index is 12.4. The summed E-state index contributed by atoms with van der Waals surface area (Å²) in [5.74, 6) is -2.36. The normalized spacial score (nSPS) is 13.7. The van der Waals surface area contributed by atoms with Crippen LogP contribution < -0.4 is 5.32 Å². The summed E-state index contributed by atoms with van der Waals surface area (Å²) in [6, 6.07) is -1.54. The fourth-order valence-corrected chi connectivity index (χ4v) is 8.24. The number of amides is 1. The second-order valence-corrected chi connectivity index (χ2v) is 19.2. The van der Waals surface area contributed by atoms with E-state index in [-0.39, 0.29) is 12.8 Å². The van der Waals surface area contributed by atoms with Crippen LogP contribution in [0.5, 0.6) is 0 Å². The molecule has 0 rings (SSSR count). The fraction of sp³-hybridized carbons (Fsp3) is 0.863. The molecule has 0 bridgehead atoms. The molecule has 0 saturated carbocycles. The van der Waals surface area contributed by atoms with Gasteiger partial charge in [-0.25, -0.2) is 9.36 Å². The molecular formula is C51H96NO10P. The lowest BCUT2D eigenvalue weighted by Gasteiger charge is -2.18. The molecule has 0 fully saturated rings. The number of carbonyl (C=O) groups is 3. The zero-order valence-electron chi connectivity index (χ0n) is 40.4. The number of carboxylic acid groups (broad SMARTS) is 1. The van der Waals surface area contributed by atoms with Gasteiger partial charge in [0.15, 0.2) is 6.04 Å². The lowest BCUT2D eigenvalue weighted by atomic mass is 10.0. The number of phosphoric ester groups is 1. The molecule has 11 nitrogen and oxygen atoms in total. The number of nitrogens with one attached hydrogen (secondary N) is 1. The number of aliphatic hydroxyl groups is 1. The van der Waals surface area contributed by atoms with Crippen LogP contribution >= 0.6 is 7.82 Å². The van der Waals surface area contributed by atoms with Gasteiger partial charge >= 0.3 is 19.8 Å². The number of carbonyl (C=O) groups excluding carboxylic acids is 2. The average molecular weight is 914 g/mol. The molecule has 4 N–H and O–H groups in total. The Hall–Kier alpha value is -2.04. The number of aliphatic hydroxyl groups excluding tert-OH is 1. The van der Waals surface area contributed by atoms with Crippen molar-refractivity contribution in [2.45, 2.75) is 264 Å². The molecule has 0 aromatic heterocycles. The molecule has 370 valence electrons. The standard InChI is InChI=1S/C51H96NO10P/c1-3-5-7-9-11-13-15-17-19-21-23-24-25-26-28-30-32-34-36-38-40-42-49(54)52-48(51(56)57)46-62-63(58,59)61-45-47(53)44-60-50(55)43-41-39-37-35-33-31-29-27-22-20-18-16-14-12-10-8-6-4-2/h14,16,20,22,47-48,53H,3-13,15,17-19,21,23-46H2,1-2H3,(H,52,54)(H,56,57)(H,58,59)/b16-14-,22-20-. The Labute approximate surface area is 385 Å². The highest BCUT2D eigenvalue weighted by atomic mass is 31.2. The van der Waals surface area contributed by atoms with E-state index >= 15 is 0 Å². The van der Waals surface area contributed by atoms with E-state index in [4.69, 9.17) is 13.8 Å². The fourth-order valence-electron chi connectivity index (χ4n) is 7.47. The molecule has 0 aromatic rings. The van der Waals surface area contributed by atoms with Gasteiger partial charge in [-0.2, -0.15) is 0 Å². The van der Waals surface area contributed by atoms with Crippen molar-refractivity contribution >= 4 is 25.7 Å². The highest BCUT2D eigenvalue weighted by Crippen LogP contribution is 2.43. The molecule has 0 aromatic carbocycles. The highest BCUT2D eigenvalue weighted by Gasteiger charge is 2.28. The van der Waals surface area contributed by atoms with Gasteiger partial charge in [0.1, 0.15) is 12.7 Å². The molecule has 12 heteroatoms. The van der Waals surface area contributed by atoms with Gasteiger partial charge in [-0.15, -0.1) is 0 Å². The van der Waals surface area contributed by atoms with Crippen LogP contribution in [0.15, 0.2) is 24.3 Å². The minimum atomic E-state index is -4.76. The number of hydrogen-bond acceptors (Lipinski definition) is 8. The van der Waals surface area contributed by atoms with Crippen molar-refractivity contribution in [2.75, 3.05) is 19.8 Å². The Kier molecular flexibility index (Phi) is 45.0. The summed E-state index contributed by atoms with van der Waals surface area (Å²) in [4.78, 5) is 46.1. The summed E-state index contributed by atoms with van der Waals surface area (Å²) in [7, 11) is -4.76. The van der Waals surface area contributed by atoms with Crippen molar-refractivity contribution in [1.29, 1.82) is 0 Å². The zero-order valence-corrected chi connectivity index (χ0v) is 41.3. The highest BCUT2D eigenvalue weighted by molar-refractivity contribution is 7.47. The smallest absolute Gasteiger partial charge is 0.472 e. The Bertz CT molecular complexity index is 1160. The molecule has 0 aliphatic rings. The summed E-state index contributed by atoms with van der Waals surface area (Å²) in [5, 5.41) is 21.9. The maximum Gasteiger partial charge on any atom is 0.472 e. The van der Waals surface area contributed by atoms with Crippen LogP contribution in [0.25, 0.3) is 0 Å². The molecule has 3 unspecified atom stereocenters. The first-order chi connectivity index (χ1) is 30.6. The molecule has 0 radical (unpaired) electrons. The third-order valence-electron chi connectivity index (χ3n) is 11.5. The van der Waals surface area contributed by atoms with Gasteiger partial charge in [0.05, 0.1) is 13.2 Å². The third-order valence-corrected chi connectivity index (χ3v) is 12.4. The van der Waals surface area contributed by atoms with Gasteiger partial charge in [0.25, 0.3) is 0 Å². The van der Waals surface area contributed by atoms with Crippen molar-refractivity contribution in [3.63, 3.8) is 0 Å². The summed E-state index contributed by atoms with van der Waals surface area (Å²) < 4.78 is 26.9. The molecule has 3 atom stereocenters. The number of phosphoric acid groups is 1. The van der Waals surface area contributed by atoms with E-state index < -0.39 is 57.6 Å². The quantitative estimate of drug-likeness (QED) is 0.0199. The molecule has 0 saturated heterocycles. The van der Waals surface area contributed by atoms with Crippen molar-refractivity contribution < 1.29 is 47.8 Å². The predicted molar refractivity (Wildman–Crippen MR) is 259 cm³/mol. The first kappa shape index (κ1) is 61.0. The van der Waals surface area contributed by atoms with E-state index in [1.807, 2.05) is 0 Å². The van der Waals surface area contributed by atoms with E-state index in [9.17, 15) is 34.1 Å². The van der Waals surface area contributed by atoms with Gasteiger partial charge in [0, 0.05) is 12.8 Å². The van der Waals surface area contributed by atoms with Crippen molar-refractivity contribution in [1.82, 2.24) is 5.32 Å². The van der Waals surface area contributed by atoms with Crippen molar-refractivity contribution in [3.8, 4) is 0 Å². The Morgan fingerprint density at radius 2 is 0.873 bits per heavy atom.